The van der Waals surface area contributed by atoms with Gasteiger partial charge in [-0.1, -0.05) is 36.4 Å². The summed E-state index contributed by atoms with van der Waals surface area (Å²) < 4.78 is 0. The van der Waals surface area contributed by atoms with Crippen molar-refractivity contribution in [3.8, 4) is 0 Å². The molecule has 2 aromatic carbocycles. The van der Waals surface area contributed by atoms with Gasteiger partial charge >= 0.3 is 0 Å². The van der Waals surface area contributed by atoms with Crippen molar-refractivity contribution in [2.24, 2.45) is 0 Å². The van der Waals surface area contributed by atoms with Crippen molar-refractivity contribution in [3.63, 3.8) is 0 Å². The van der Waals surface area contributed by atoms with Crippen LogP contribution in [-0.4, -0.2) is 5.96 Å². The van der Waals surface area contributed by atoms with Crippen LogP contribution in [0.15, 0.2) is 60.7 Å². The van der Waals surface area contributed by atoms with E-state index in [4.69, 9.17) is 5.41 Å². The van der Waals surface area contributed by atoms with Gasteiger partial charge in [-0.2, -0.15) is 0 Å². The van der Waals surface area contributed by atoms with Crippen LogP contribution in [0.25, 0.3) is 0 Å². The molecule has 0 saturated carbocycles. The smallest absolute Gasteiger partial charge is 0.220 e. The van der Waals surface area contributed by atoms with E-state index >= 15 is 0 Å². The van der Waals surface area contributed by atoms with Gasteiger partial charge in [-0.15, -0.1) is 0 Å². The van der Waals surface area contributed by atoms with Crippen molar-refractivity contribution >= 4 is 17.3 Å². The van der Waals surface area contributed by atoms with Gasteiger partial charge in [0.05, 0.1) is 5.69 Å². The van der Waals surface area contributed by atoms with Gasteiger partial charge in [0.15, 0.2) is 0 Å². The highest BCUT2D eigenvalue weighted by Gasteiger charge is 1.99. The predicted molar refractivity (Wildman–Crippen MR) is 66.0 cm³/mol. The summed E-state index contributed by atoms with van der Waals surface area (Å²) in [4.78, 5) is 0. The quantitative estimate of drug-likeness (QED) is 0.581. The third kappa shape index (κ3) is 2.85. The van der Waals surface area contributed by atoms with Crippen molar-refractivity contribution in [2.45, 2.75) is 0 Å². The van der Waals surface area contributed by atoms with Crippen LogP contribution in [0, 0.1) is 5.41 Å². The second kappa shape index (κ2) is 4.98. The van der Waals surface area contributed by atoms with E-state index in [0.717, 1.165) is 11.4 Å². The van der Waals surface area contributed by atoms with E-state index in [1.54, 1.807) is 0 Å². The minimum absolute atomic E-state index is 0.136. The summed E-state index contributed by atoms with van der Waals surface area (Å²) in [5.74, 6) is 0.136. The van der Waals surface area contributed by atoms with E-state index < -0.39 is 0 Å². The topological polar surface area (TPSA) is 50.0 Å². The van der Waals surface area contributed by atoms with Gasteiger partial charge in [-0.3, -0.25) is 5.41 Å². The van der Waals surface area contributed by atoms with E-state index in [2.05, 4.69) is 10.6 Å². The predicted octanol–water partition coefficient (Wildman–Crippen LogP) is 2.97. The molecule has 0 amide bonds. The van der Waals surface area contributed by atoms with Gasteiger partial charge in [-0.25, -0.2) is 5.32 Å². The summed E-state index contributed by atoms with van der Waals surface area (Å²) in [5.41, 5.74) is 1.64. The van der Waals surface area contributed by atoms with Crippen molar-refractivity contribution in [3.05, 3.63) is 60.7 Å². The second-order valence-electron chi connectivity index (χ2n) is 3.29. The zero-order chi connectivity index (χ0) is 11.2. The average molecular weight is 210 g/mol. The lowest BCUT2D eigenvalue weighted by Crippen LogP contribution is -2.19. The monoisotopic (exact) mass is 210 g/mol. The Hall–Kier alpha value is -2.29. The summed E-state index contributed by atoms with van der Waals surface area (Å²) in [6, 6.07) is 19.0. The van der Waals surface area contributed by atoms with E-state index in [9.17, 15) is 0 Å². The summed E-state index contributed by atoms with van der Waals surface area (Å²) in [5, 5.41) is 14.7. The summed E-state index contributed by atoms with van der Waals surface area (Å²) in [7, 11) is 0. The number of para-hydroxylation sites is 2. The van der Waals surface area contributed by atoms with Gasteiger partial charge < -0.3 is 5.32 Å². The lowest BCUT2D eigenvalue weighted by atomic mass is 10.3. The molecule has 2 rings (SSSR count). The number of rotatable bonds is 2. The SMILES string of the molecule is N=C([N]c1ccccc1)Nc1ccccc1. The summed E-state index contributed by atoms with van der Waals surface area (Å²) in [6.45, 7) is 0. The summed E-state index contributed by atoms with van der Waals surface area (Å²) >= 11 is 0. The molecule has 0 atom stereocenters. The van der Waals surface area contributed by atoms with Gasteiger partial charge in [0.1, 0.15) is 0 Å². The maximum atomic E-state index is 7.69. The normalized spacial score (nSPS) is 9.50. The van der Waals surface area contributed by atoms with Gasteiger partial charge in [0.2, 0.25) is 5.96 Å². The van der Waals surface area contributed by atoms with Crippen LogP contribution in [0.2, 0.25) is 0 Å². The molecule has 2 N–H and O–H groups in total. The van der Waals surface area contributed by atoms with Crippen LogP contribution in [0.5, 0.6) is 0 Å². The third-order valence-electron chi connectivity index (χ3n) is 2.03. The van der Waals surface area contributed by atoms with Crippen LogP contribution in [0.1, 0.15) is 0 Å². The molecule has 3 nitrogen and oxygen atoms in total. The molecular formula is C13H12N3. The number of hydrogen-bond donors (Lipinski definition) is 2. The number of nitrogens with zero attached hydrogens (tertiary/aromatic N) is 1. The van der Waals surface area contributed by atoms with Crippen molar-refractivity contribution < 1.29 is 0 Å². The van der Waals surface area contributed by atoms with E-state index in [0.29, 0.717) is 0 Å². The minimum Gasteiger partial charge on any atom is -0.325 e. The van der Waals surface area contributed by atoms with E-state index in [1.165, 1.54) is 0 Å². The minimum atomic E-state index is 0.136. The first-order chi connectivity index (χ1) is 7.84. The zero-order valence-corrected chi connectivity index (χ0v) is 8.72. The first kappa shape index (κ1) is 10.2. The molecule has 0 aliphatic carbocycles. The first-order valence-electron chi connectivity index (χ1n) is 5.02. The zero-order valence-electron chi connectivity index (χ0n) is 8.72. The largest absolute Gasteiger partial charge is 0.325 e. The Morgan fingerprint density at radius 3 is 2.06 bits per heavy atom. The maximum absolute atomic E-state index is 7.69. The van der Waals surface area contributed by atoms with Gasteiger partial charge in [-0.05, 0) is 24.3 Å². The van der Waals surface area contributed by atoms with Crippen LogP contribution in [0.3, 0.4) is 0 Å². The molecule has 16 heavy (non-hydrogen) atoms. The van der Waals surface area contributed by atoms with Gasteiger partial charge in [0, 0.05) is 5.69 Å². The Bertz CT molecular complexity index is 408. The van der Waals surface area contributed by atoms with Crippen molar-refractivity contribution in [1.29, 1.82) is 5.41 Å². The maximum Gasteiger partial charge on any atom is 0.220 e. The van der Waals surface area contributed by atoms with Crippen LogP contribution in [0.4, 0.5) is 11.4 Å². The number of nitrogens with one attached hydrogen (secondary N) is 2. The molecule has 0 unspecified atom stereocenters. The highest BCUT2D eigenvalue weighted by atomic mass is 15.1. The fourth-order valence-corrected chi connectivity index (χ4v) is 1.32. The standard InChI is InChI=1S/C13H12N3/c14-13(15-11-7-3-1-4-8-11)16-12-9-5-2-6-10-12/h1-10H,(H2,14,15). The molecule has 0 aromatic heterocycles. The molecular weight excluding hydrogens is 198 g/mol. The molecule has 0 saturated heterocycles. The van der Waals surface area contributed by atoms with Crippen LogP contribution >= 0.6 is 0 Å². The number of benzene rings is 2. The molecule has 1 radical (unpaired) electrons. The van der Waals surface area contributed by atoms with Crippen molar-refractivity contribution in [2.75, 3.05) is 5.32 Å². The first-order valence-corrected chi connectivity index (χ1v) is 5.02. The number of anilines is 1. The molecule has 2 aromatic rings. The molecule has 0 spiro atoms. The molecule has 0 heterocycles. The fourth-order valence-electron chi connectivity index (χ4n) is 1.32. The molecule has 0 aliphatic rings. The van der Waals surface area contributed by atoms with E-state index in [1.807, 2.05) is 60.7 Å². The molecule has 0 fully saturated rings. The second-order valence-corrected chi connectivity index (χ2v) is 3.29. The average Bonchev–Trinajstić information content (AvgIpc) is 2.31. The Morgan fingerprint density at radius 1 is 0.875 bits per heavy atom. The Morgan fingerprint density at radius 2 is 1.44 bits per heavy atom. The number of guanidine groups is 1. The van der Waals surface area contributed by atoms with Crippen LogP contribution < -0.4 is 10.6 Å². The Labute approximate surface area is 94.6 Å². The van der Waals surface area contributed by atoms with Gasteiger partial charge in [0.25, 0.3) is 0 Å². The lowest BCUT2D eigenvalue weighted by molar-refractivity contribution is 1.20. The number of hydrogen-bond acceptors (Lipinski definition) is 1. The highest BCUT2D eigenvalue weighted by Crippen LogP contribution is 2.08. The fraction of sp³-hybridized carbons (Fsp3) is 0. The Kier molecular flexibility index (Phi) is 3.18. The molecule has 0 aliphatic heterocycles. The molecule has 3 heteroatoms. The third-order valence-corrected chi connectivity index (χ3v) is 2.03. The molecule has 0 bridgehead atoms. The Balaban J connectivity index is 1.95. The van der Waals surface area contributed by atoms with Crippen LogP contribution in [-0.2, 0) is 0 Å². The lowest BCUT2D eigenvalue weighted by Gasteiger charge is -2.07. The van der Waals surface area contributed by atoms with E-state index in [-0.39, 0.29) is 5.96 Å². The highest BCUT2D eigenvalue weighted by molar-refractivity contribution is 5.93. The molecule has 79 valence electrons. The summed E-state index contributed by atoms with van der Waals surface area (Å²) in [6.07, 6.45) is 0. The van der Waals surface area contributed by atoms with Crippen molar-refractivity contribution in [1.82, 2.24) is 5.32 Å².